The summed E-state index contributed by atoms with van der Waals surface area (Å²) >= 11 is 1.30. The van der Waals surface area contributed by atoms with Gasteiger partial charge in [-0.3, -0.25) is 4.79 Å². The third kappa shape index (κ3) is 3.00. The maximum Gasteiger partial charge on any atom is 0.223 e. The Kier molecular flexibility index (Phi) is 3.96. The second-order valence-corrected chi connectivity index (χ2v) is 4.64. The first-order valence-electron chi connectivity index (χ1n) is 5.47. The van der Waals surface area contributed by atoms with Crippen molar-refractivity contribution in [3.8, 4) is 22.1 Å². The van der Waals surface area contributed by atoms with E-state index in [-0.39, 0.29) is 5.91 Å². The van der Waals surface area contributed by atoms with E-state index in [0.717, 1.165) is 5.56 Å². The number of benzene rings is 1. The molecular weight excluding hydrogens is 266 g/mol. The lowest BCUT2D eigenvalue weighted by atomic mass is 10.2. The van der Waals surface area contributed by atoms with Gasteiger partial charge in [0.05, 0.1) is 14.2 Å². The summed E-state index contributed by atoms with van der Waals surface area (Å²) < 4.78 is 10.4. The molecule has 7 heteroatoms. The summed E-state index contributed by atoms with van der Waals surface area (Å²) in [5.74, 6) is 1.10. The second-order valence-electron chi connectivity index (χ2n) is 3.66. The van der Waals surface area contributed by atoms with Crippen LogP contribution in [0.5, 0.6) is 11.5 Å². The van der Waals surface area contributed by atoms with Gasteiger partial charge >= 0.3 is 0 Å². The number of nitrogens with one attached hydrogen (secondary N) is 1. The number of ether oxygens (including phenoxy) is 2. The van der Waals surface area contributed by atoms with Gasteiger partial charge in [-0.2, -0.15) is 0 Å². The summed E-state index contributed by atoms with van der Waals surface area (Å²) in [5, 5.41) is 11.7. The van der Waals surface area contributed by atoms with Crippen LogP contribution in [0, 0.1) is 0 Å². The molecule has 0 unspecified atom stereocenters. The molecule has 0 bridgehead atoms. The number of nitrogens with zero attached hydrogens (tertiary/aromatic N) is 2. The van der Waals surface area contributed by atoms with Gasteiger partial charge in [0.25, 0.3) is 0 Å². The molecule has 0 radical (unpaired) electrons. The number of amides is 1. The zero-order chi connectivity index (χ0) is 13.8. The van der Waals surface area contributed by atoms with Crippen molar-refractivity contribution in [1.29, 1.82) is 0 Å². The molecule has 2 rings (SSSR count). The zero-order valence-corrected chi connectivity index (χ0v) is 11.6. The van der Waals surface area contributed by atoms with Gasteiger partial charge in [0, 0.05) is 12.5 Å². The molecule has 0 aliphatic carbocycles. The van der Waals surface area contributed by atoms with Crippen LogP contribution < -0.4 is 14.8 Å². The van der Waals surface area contributed by atoms with Crippen molar-refractivity contribution < 1.29 is 14.3 Å². The van der Waals surface area contributed by atoms with Crippen LogP contribution >= 0.6 is 11.3 Å². The van der Waals surface area contributed by atoms with Gasteiger partial charge in [-0.25, -0.2) is 0 Å². The van der Waals surface area contributed by atoms with Gasteiger partial charge in [0.1, 0.15) is 5.01 Å². The van der Waals surface area contributed by atoms with Crippen LogP contribution in [0.3, 0.4) is 0 Å². The van der Waals surface area contributed by atoms with E-state index >= 15 is 0 Å². The Morgan fingerprint density at radius 3 is 2.58 bits per heavy atom. The number of hydrogen-bond donors (Lipinski definition) is 1. The minimum Gasteiger partial charge on any atom is -0.493 e. The molecule has 0 atom stereocenters. The Hall–Kier alpha value is -2.15. The van der Waals surface area contributed by atoms with Gasteiger partial charge in [0.2, 0.25) is 11.0 Å². The number of rotatable bonds is 4. The number of aromatic nitrogens is 2. The van der Waals surface area contributed by atoms with E-state index < -0.39 is 0 Å². The van der Waals surface area contributed by atoms with E-state index in [4.69, 9.17) is 9.47 Å². The van der Waals surface area contributed by atoms with Crippen LogP contribution in [0.4, 0.5) is 5.13 Å². The van der Waals surface area contributed by atoms with Crippen molar-refractivity contribution in [3.63, 3.8) is 0 Å². The van der Waals surface area contributed by atoms with Crippen LogP contribution in [-0.4, -0.2) is 30.3 Å². The molecule has 1 aromatic carbocycles. The van der Waals surface area contributed by atoms with Gasteiger partial charge in [-0.15, -0.1) is 10.2 Å². The molecule has 2 aromatic rings. The summed E-state index contributed by atoms with van der Waals surface area (Å²) in [6.45, 7) is 1.43. The average molecular weight is 279 g/mol. The number of hydrogen-bond acceptors (Lipinski definition) is 6. The minimum absolute atomic E-state index is 0.171. The van der Waals surface area contributed by atoms with Crippen LogP contribution in [0.2, 0.25) is 0 Å². The molecular formula is C12H13N3O3S. The normalized spacial score (nSPS) is 10.1. The van der Waals surface area contributed by atoms with Gasteiger partial charge in [-0.1, -0.05) is 11.3 Å². The molecule has 1 heterocycles. The number of methoxy groups -OCH3 is 2. The molecule has 1 N–H and O–H groups in total. The summed E-state index contributed by atoms with van der Waals surface area (Å²) in [6.07, 6.45) is 0. The number of carbonyl (C=O) groups is 1. The van der Waals surface area contributed by atoms with Gasteiger partial charge in [-0.05, 0) is 18.2 Å². The van der Waals surface area contributed by atoms with Crippen LogP contribution in [-0.2, 0) is 4.79 Å². The van der Waals surface area contributed by atoms with Crippen LogP contribution in [0.25, 0.3) is 10.6 Å². The van der Waals surface area contributed by atoms with Crippen molar-refractivity contribution in [2.24, 2.45) is 0 Å². The lowest BCUT2D eigenvalue weighted by Crippen LogP contribution is -2.04. The quantitative estimate of drug-likeness (QED) is 0.928. The Balaban J connectivity index is 2.31. The van der Waals surface area contributed by atoms with Crippen molar-refractivity contribution in [1.82, 2.24) is 10.2 Å². The molecule has 0 saturated heterocycles. The molecule has 1 aromatic heterocycles. The number of anilines is 1. The fraction of sp³-hybridized carbons (Fsp3) is 0.250. The standard InChI is InChI=1S/C12H13N3O3S/c1-7(16)13-12-15-14-11(19-12)8-4-5-9(17-2)10(6-8)18-3/h4-6H,1-3H3,(H,13,15,16). The van der Waals surface area contributed by atoms with E-state index in [1.165, 1.54) is 18.3 Å². The monoisotopic (exact) mass is 279 g/mol. The Morgan fingerprint density at radius 1 is 1.21 bits per heavy atom. The van der Waals surface area contributed by atoms with Crippen LogP contribution in [0.1, 0.15) is 6.92 Å². The molecule has 0 aliphatic heterocycles. The predicted molar refractivity (Wildman–Crippen MR) is 72.8 cm³/mol. The van der Waals surface area contributed by atoms with Crippen molar-refractivity contribution in [2.45, 2.75) is 6.92 Å². The summed E-state index contributed by atoms with van der Waals surface area (Å²) in [4.78, 5) is 10.9. The smallest absolute Gasteiger partial charge is 0.223 e. The SMILES string of the molecule is COc1ccc(-c2nnc(NC(C)=O)s2)cc1OC. The van der Waals surface area contributed by atoms with E-state index in [9.17, 15) is 4.79 Å². The first-order valence-corrected chi connectivity index (χ1v) is 6.29. The lowest BCUT2D eigenvalue weighted by Gasteiger charge is -2.07. The number of carbonyl (C=O) groups excluding carboxylic acids is 1. The van der Waals surface area contributed by atoms with E-state index in [2.05, 4.69) is 15.5 Å². The highest BCUT2D eigenvalue weighted by molar-refractivity contribution is 7.18. The first-order chi connectivity index (χ1) is 9.13. The maximum atomic E-state index is 10.9. The van der Waals surface area contributed by atoms with E-state index in [0.29, 0.717) is 21.6 Å². The Bertz CT molecular complexity index is 598. The third-order valence-electron chi connectivity index (χ3n) is 2.34. The molecule has 0 fully saturated rings. The molecule has 100 valence electrons. The van der Waals surface area contributed by atoms with E-state index in [1.54, 1.807) is 20.3 Å². The van der Waals surface area contributed by atoms with Crippen molar-refractivity contribution >= 4 is 22.4 Å². The summed E-state index contributed by atoms with van der Waals surface area (Å²) in [6, 6.07) is 5.48. The summed E-state index contributed by atoms with van der Waals surface area (Å²) in [7, 11) is 3.15. The molecule has 0 saturated carbocycles. The summed E-state index contributed by atoms with van der Waals surface area (Å²) in [5.41, 5.74) is 0.853. The van der Waals surface area contributed by atoms with E-state index in [1.807, 2.05) is 12.1 Å². The maximum absolute atomic E-state index is 10.9. The fourth-order valence-electron chi connectivity index (χ4n) is 1.51. The molecule has 6 nitrogen and oxygen atoms in total. The van der Waals surface area contributed by atoms with Crippen LogP contribution in [0.15, 0.2) is 18.2 Å². The average Bonchev–Trinajstić information content (AvgIpc) is 2.85. The molecule has 0 spiro atoms. The molecule has 0 aliphatic rings. The highest BCUT2D eigenvalue weighted by Crippen LogP contribution is 2.34. The Labute approximate surface area is 114 Å². The van der Waals surface area contributed by atoms with Gasteiger partial charge in [0.15, 0.2) is 11.5 Å². The topological polar surface area (TPSA) is 73.3 Å². The Morgan fingerprint density at radius 2 is 1.95 bits per heavy atom. The van der Waals surface area contributed by atoms with Crippen molar-refractivity contribution in [2.75, 3.05) is 19.5 Å². The first kappa shape index (κ1) is 13.3. The minimum atomic E-state index is -0.171. The second kappa shape index (κ2) is 5.66. The molecule has 1 amide bonds. The lowest BCUT2D eigenvalue weighted by molar-refractivity contribution is -0.114. The predicted octanol–water partition coefficient (Wildman–Crippen LogP) is 2.18. The third-order valence-corrected chi connectivity index (χ3v) is 3.23. The largest absolute Gasteiger partial charge is 0.493 e. The van der Waals surface area contributed by atoms with Gasteiger partial charge < -0.3 is 14.8 Å². The highest BCUT2D eigenvalue weighted by Gasteiger charge is 2.11. The van der Waals surface area contributed by atoms with Crippen molar-refractivity contribution in [3.05, 3.63) is 18.2 Å². The zero-order valence-electron chi connectivity index (χ0n) is 10.8. The fourth-order valence-corrected chi connectivity index (χ4v) is 2.30. The molecule has 19 heavy (non-hydrogen) atoms. The highest BCUT2D eigenvalue weighted by atomic mass is 32.1.